The van der Waals surface area contributed by atoms with Gasteiger partial charge in [-0.2, -0.15) is 24.4 Å². The lowest BCUT2D eigenvalue weighted by Crippen LogP contribution is -1.66. The molecule has 0 radical (unpaired) electrons. The maximum atomic E-state index is 4.06. The Morgan fingerprint density at radius 1 is 1.38 bits per heavy atom. The molecule has 0 aromatic rings. The Labute approximate surface area is 68.8 Å². The molecule has 0 amide bonds. The molecule has 0 N–H and O–H groups in total. The van der Waals surface area contributed by atoms with Gasteiger partial charge in [0, 0.05) is 10.2 Å². The molecule has 0 saturated carbocycles. The summed E-state index contributed by atoms with van der Waals surface area (Å²) in [7, 11) is 3.69. The molecule has 0 nitrogen and oxygen atoms in total. The predicted molar refractivity (Wildman–Crippen MR) is 52.0 cm³/mol. The van der Waals surface area contributed by atoms with Crippen LogP contribution in [0.3, 0.4) is 0 Å². The van der Waals surface area contributed by atoms with Crippen LogP contribution in [0, 0.1) is 0 Å². The first-order valence-electron chi connectivity index (χ1n) is 2.34. The summed E-state index contributed by atoms with van der Waals surface area (Å²) in [6.07, 6.45) is 0. The Balaban J connectivity index is 2.53. The van der Waals surface area contributed by atoms with E-state index < -0.39 is 0 Å². The molecule has 0 atom stereocenters. The summed E-state index contributed by atoms with van der Waals surface area (Å²) in [6, 6.07) is 0. The third-order valence-corrected chi connectivity index (χ3v) is 4.83. The van der Waals surface area contributed by atoms with Gasteiger partial charge in [-0.05, 0) is 5.75 Å². The monoisotopic (exact) mass is 186 g/mol. The van der Waals surface area contributed by atoms with E-state index >= 15 is 0 Å². The average molecular weight is 186 g/mol. The van der Waals surface area contributed by atoms with Gasteiger partial charge < -0.3 is 0 Å². The van der Waals surface area contributed by atoms with Gasteiger partial charge in [0.15, 0.2) is 0 Å². The summed E-state index contributed by atoms with van der Waals surface area (Å²) in [5.41, 5.74) is 0. The second kappa shape index (κ2) is 8.40. The van der Waals surface area contributed by atoms with E-state index in [1.807, 2.05) is 33.3 Å². The minimum atomic E-state index is 0.926. The van der Waals surface area contributed by atoms with Crippen molar-refractivity contribution in [1.82, 2.24) is 0 Å². The number of thiol groups is 1. The van der Waals surface area contributed by atoms with E-state index in [-0.39, 0.29) is 0 Å². The van der Waals surface area contributed by atoms with Gasteiger partial charge in [0.1, 0.15) is 0 Å². The van der Waals surface area contributed by atoms with Crippen molar-refractivity contribution < 1.29 is 0 Å². The summed E-state index contributed by atoms with van der Waals surface area (Å²) in [6.45, 7) is 2.18. The zero-order chi connectivity index (χ0) is 6.24. The minimum Gasteiger partial charge on any atom is -0.167 e. The van der Waals surface area contributed by atoms with Crippen molar-refractivity contribution in [2.75, 3.05) is 15.9 Å². The van der Waals surface area contributed by atoms with Crippen LogP contribution >= 0.6 is 46.0 Å². The Bertz CT molecular complexity index is 33.0. The van der Waals surface area contributed by atoms with Crippen molar-refractivity contribution in [3.05, 3.63) is 0 Å². The van der Waals surface area contributed by atoms with Crippen molar-refractivity contribution in [1.29, 1.82) is 0 Å². The van der Waals surface area contributed by atoms with Gasteiger partial charge in [-0.15, -0.1) is 0 Å². The van der Waals surface area contributed by atoms with Crippen LogP contribution in [0.2, 0.25) is 0 Å². The Kier molecular flexibility index (Phi) is 9.87. The lowest BCUT2D eigenvalue weighted by Gasteiger charge is -1.93. The molecule has 0 aliphatic carbocycles. The van der Waals surface area contributed by atoms with E-state index in [1.165, 1.54) is 10.8 Å². The normalized spacial score (nSPS) is 9.75. The zero-order valence-corrected chi connectivity index (χ0v) is 8.14. The smallest absolute Gasteiger partial charge is 0.0496 e. The SMILES string of the molecule is CCSCSSCS. The lowest BCUT2D eigenvalue weighted by atomic mass is 11.0. The Morgan fingerprint density at radius 2 is 2.12 bits per heavy atom. The molecule has 0 unspecified atom stereocenters. The summed E-state index contributed by atoms with van der Waals surface area (Å²) in [5.74, 6) is 1.22. The molecular formula is C4H10S4. The fraction of sp³-hybridized carbons (Fsp3) is 1.00. The van der Waals surface area contributed by atoms with Gasteiger partial charge in [0.05, 0.1) is 0 Å². The Hall–Kier alpha value is 1.40. The van der Waals surface area contributed by atoms with Crippen molar-refractivity contribution in [3.63, 3.8) is 0 Å². The van der Waals surface area contributed by atoms with Crippen LogP contribution in [0.5, 0.6) is 0 Å². The van der Waals surface area contributed by atoms with Gasteiger partial charge >= 0.3 is 0 Å². The fourth-order valence-electron chi connectivity index (χ4n) is 0.189. The number of hydrogen-bond acceptors (Lipinski definition) is 4. The topological polar surface area (TPSA) is 0 Å². The van der Waals surface area contributed by atoms with Crippen LogP contribution < -0.4 is 0 Å². The number of hydrogen-bond donors (Lipinski definition) is 1. The highest BCUT2D eigenvalue weighted by atomic mass is 33.1. The molecule has 0 rings (SSSR count). The second-order valence-electron chi connectivity index (χ2n) is 0.975. The summed E-state index contributed by atoms with van der Waals surface area (Å²) < 4.78 is 0. The van der Waals surface area contributed by atoms with Crippen LogP contribution in [-0.2, 0) is 0 Å². The summed E-state index contributed by atoms with van der Waals surface area (Å²) in [4.78, 5) is 0. The number of rotatable bonds is 5. The molecule has 0 saturated heterocycles. The zero-order valence-electron chi connectivity index (χ0n) is 4.79. The third-order valence-electron chi connectivity index (χ3n) is 0.472. The van der Waals surface area contributed by atoms with Crippen LogP contribution in [-0.4, -0.2) is 15.9 Å². The molecule has 8 heavy (non-hydrogen) atoms. The maximum absolute atomic E-state index is 4.06. The highest BCUT2D eigenvalue weighted by Crippen LogP contribution is 2.25. The summed E-state index contributed by atoms with van der Waals surface area (Å²) >= 11 is 6.01. The lowest BCUT2D eigenvalue weighted by molar-refractivity contribution is 1.53. The summed E-state index contributed by atoms with van der Waals surface area (Å²) in [5, 5.41) is 2.12. The van der Waals surface area contributed by atoms with E-state index in [9.17, 15) is 0 Å². The van der Waals surface area contributed by atoms with Gasteiger partial charge in [0.25, 0.3) is 0 Å². The van der Waals surface area contributed by atoms with Crippen LogP contribution in [0.1, 0.15) is 6.92 Å². The predicted octanol–water partition coefficient (Wildman–Crippen LogP) is 2.97. The fourth-order valence-corrected chi connectivity index (χ4v) is 3.59. The van der Waals surface area contributed by atoms with E-state index in [2.05, 4.69) is 19.6 Å². The Morgan fingerprint density at radius 3 is 2.62 bits per heavy atom. The second-order valence-corrected chi connectivity index (χ2v) is 5.82. The minimum absolute atomic E-state index is 0.926. The van der Waals surface area contributed by atoms with E-state index in [1.54, 1.807) is 0 Å². The quantitative estimate of drug-likeness (QED) is 0.304. The molecule has 4 heteroatoms. The first kappa shape index (κ1) is 9.40. The standard InChI is InChI=1S/C4H10S4/c1-2-6-4-8-7-3-5/h5H,2-4H2,1H3. The molecule has 0 aromatic carbocycles. The largest absolute Gasteiger partial charge is 0.167 e. The average Bonchev–Trinajstić information content (AvgIpc) is 1.81. The molecule has 0 bridgehead atoms. The first-order chi connectivity index (χ1) is 3.91. The highest BCUT2D eigenvalue weighted by molar-refractivity contribution is 8.79. The van der Waals surface area contributed by atoms with Crippen molar-refractivity contribution in [3.8, 4) is 0 Å². The van der Waals surface area contributed by atoms with Crippen molar-refractivity contribution >= 4 is 46.0 Å². The van der Waals surface area contributed by atoms with E-state index in [0.29, 0.717) is 0 Å². The highest BCUT2D eigenvalue weighted by Gasteiger charge is 1.84. The molecule has 0 aliphatic rings. The molecule has 0 aliphatic heterocycles. The van der Waals surface area contributed by atoms with Gasteiger partial charge in [-0.3, -0.25) is 0 Å². The molecule has 50 valence electrons. The molecule has 0 fully saturated rings. The number of thioether (sulfide) groups is 1. The van der Waals surface area contributed by atoms with Crippen molar-refractivity contribution in [2.45, 2.75) is 6.92 Å². The molecule has 0 spiro atoms. The van der Waals surface area contributed by atoms with Crippen LogP contribution in [0.4, 0.5) is 0 Å². The molecule has 0 aromatic heterocycles. The van der Waals surface area contributed by atoms with E-state index in [0.717, 1.165) is 5.08 Å². The van der Waals surface area contributed by atoms with Gasteiger partial charge in [-0.1, -0.05) is 28.5 Å². The maximum Gasteiger partial charge on any atom is 0.0496 e. The van der Waals surface area contributed by atoms with Gasteiger partial charge in [-0.25, -0.2) is 0 Å². The first-order valence-corrected chi connectivity index (χ1v) is 6.62. The van der Waals surface area contributed by atoms with E-state index in [4.69, 9.17) is 0 Å². The van der Waals surface area contributed by atoms with Crippen molar-refractivity contribution in [2.24, 2.45) is 0 Å². The molecular weight excluding hydrogens is 176 g/mol. The molecule has 0 heterocycles. The van der Waals surface area contributed by atoms with Crippen LogP contribution in [0.25, 0.3) is 0 Å². The van der Waals surface area contributed by atoms with Crippen LogP contribution in [0.15, 0.2) is 0 Å². The third kappa shape index (κ3) is 7.40. The van der Waals surface area contributed by atoms with Gasteiger partial charge in [0.2, 0.25) is 0 Å².